The molecule has 0 heterocycles. The topological polar surface area (TPSA) is 115 Å². The van der Waals surface area contributed by atoms with Crippen LogP contribution in [0.1, 0.15) is 28.1 Å². The predicted octanol–water partition coefficient (Wildman–Crippen LogP) is -3.20. The first kappa shape index (κ1) is 20.9. The van der Waals surface area contributed by atoms with Crippen molar-refractivity contribution < 1.29 is 82.8 Å². The van der Waals surface area contributed by atoms with Gasteiger partial charge in [-0.15, -0.1) is 0 Å². The van der Waals surface area contributed by atoms with E-state index in [4.69, 9.17) is 20.4 Å². The second kappa shape index (κ2) is 12.6. The van der Waals surface area contributed by atoms with E-state index in [1.54, 1.807) is 0 Å². The molecule has 0 aliphatic heterocycles. The van der Waals surface area contributed by atoms with Crippen LogP contribution in [0.3, 0.4) is 0 Å². The SMILES string of the molecule is CC(O)CC(=O)O.CC(O)CC(=O)O.[H-].[K+]. The van der Waals surface area contributed by atoms with E-state index in [0.717, 1.165) is 0 Å². The Labute approximate surface area is 132 Å². The molecule has 0 radical (unpaired) electrons. The molecule has 6 nitrogen and oxygen atoms in total. The first-order chi connectivity index (χ1) is 6.25. The first-order valence-corrected chi connectivity index (χ1v) is 4.05. The molecule has 0 saturated carbocycles. The summed E-state index contributed by atoms with van der Waals surface area (Å²) in [4.78, 5) is 19.3. The molecule has 0 aromatic rings. The van der Waals surface area contributed by atoms with Crippen molar-refractivity contribution in [2.75, 3.05) is 0 Å². The van der Waals surface area contributed by atoms with Crippen LogP contribution in [0.4, 0.5) is 0 Å². The van der Waals surface area contributed by atoms with E-state index in [9.17, 15) is 9.59 Å². The molecule has 0 amide bonds. The molecular weight excluding hydrogens is 231 g/mol. The monoisotopic (exact) mass is 248 g/mol. The molecule has 0 rings (SSSR count). The Morgan fingerprint density at radius 2 is 1.20 bits per heavy atom. The summed E-state index contributed by atoms with van der Waals surface area (Å²) >= 11 is 0. The number of aliphatic hydroxyl groups is 2. The minimum absolute atomic E-state index is 0. The zero-order valence-corrected chi connectivity index (χ0v) is 12.3. The van der Waals surface area contributed by atoms with Crippen LogP contribution in [-0.2, 0) is 9.59 Å². The summed E-state index contributed by atoms with van der Waals surface area (Å²) in [6, 6.07) is 0. The average Bonchev–Trinajstić information content (AvgIpc) is 1.79. The third-order valence-electron chi connectivity index (χ3n) is 0.940. The van der Waals surface area contributed by atoms with E-state index in [0.29, 0.717) is 0 Å². The summed E-state index contributed by atoms with van der Waals surface area (Å²) in [5.41, 5.74) is 0. The second-order valence-corrected chi connectivity index (χ2v) is 2.89. The largest absolute Gasteiger partial charge is 1.00 e. The van der Waals surface area contributed by atoms with Gasteiger partial charge in [-0.05, 0) is 13.8 Å². The van der Waals surface area contributed by atoms with Gasteiger partial charge in [-0.3, -0.25) is 9.59 Å². The van der Waals surface area contributed by atoms with Gasteiger partial charge in [0.25, 0.3) is 0 Å². The molecule has 2 atom stereocenters. The summed E-state index contributed by atoms with van der Waals surface area (Å²) in [6.45, 7) is 2.88. The van der Waals surface area contributed by atoms with Crippen molar-refractivity contribution in [2.24, 2.45) is 0 Å². The quantitative estimate of drug-likeness (QED) is 0.390. The van der Waals surface area contributed by atoms with Gasteiger partial charge >= 0.3 is 63.3 Å². The normalized spacial score (nSPS) is 12.5. The van der Waals surface area contributed by atoms with Crippen molar-refractivity contribution in [3.05, 3.63) is 0 Å². The fourth-order valence-corrected chi connectivity index (χ4v) is 0.505. The van der Waals surface area contributed by atoms with Crippen LogP contribution in [0.25, 0.3) is 0 Å². The van der Waals surface area contributed by atoms with Crippen molar-refractivity contribution in [2.45, 2.75) is 38.9 Å². The fraction of sp³-hybridized carbons (Fsp3) is 0.750. The van der Waals surface area contributed by atoms with Crippen LogP contribution in [-0.4, -0.2) is 44.6 Å². The zero-order valence-electron chi connectivity index (χ0n) is 10.2. The summed E-state index contributed by atoms with van der Waals surface area (Å²) in [5.74, 6) is -1.93. The molecule has 0 aromatic heterocycles. The molecule has 0 fully saturated rings. The van der Waals surface area contributed by atoms with Gasteiger partial charge in [0.05, 0.1) is 25.0 Å². The van der Waals surface area contributed by atoms with E-state index in [2.05, 4.69) is 0 Å². The van der Waals surface area contributed by atoms with Gasteiger partial charge in [-0.25, -0.2) is 0 Å². The van der Waals surface area contributed by atoms with Gasteiger partial charge in [0, 0.05) is 0 Å². The van der Waals surface area contributed by atoms with Crippen molar-refractivity contribution in [3.63, 3.8) is 0 Å². The molecule has 0 aromatic carbocycles. The number of carbonyl (C=O) groups is 2. The number of aliphatic hydroxyl groups excluding tert-OH is 2. The van der Waals surface area contributed by atoms with E-state index in [1.807, 2.05) is 0 Å². The third kappa shape index (κ3) is 31.4. The number of carboxylic acids is 2. The Bertz CT molecular complexity index is 165. The zero-order chi connectivity index (χ0) is 11.7. The molecular formula is C8H17KO6. The van der Waals surface area contributed by atoms with Crippen molar-refractivity contribution >= 4 is 11.9 Å². The molecule has 4 N–H and O–H groups in total. The third-order valence-corrected chi connectivity index (χ3v) is 0.940. The van der Waals surface area contributed by atoms with Crippen LogP contribution < -0.4 is 51.4 Å². The van der Waals surface area contributed by atoms with Crippen LogP contribution in [0, 0.1) is 0 Å². The van der Waals surface area contributed by atoms with Gasteiger partial charge in [0.1, 0.15) is 0 Å². The number of carboxylic acid groups (broad SMARTS) is 2. The summed E-state index contributed by atoms with van der Waals surface area (Å²) in [7, 11) is 0. The number of rotatable bonds is 4. The Kier molecular flexibility index (Phi) is 17.5. The molecule has 0 spiro atoms. The Hall–Kier alpha value is 0.496. The van der Waals surface area contributed by atoms with Crippen molar-refractivity contribution in [1.82, 2.24) is 0 Å². The van der Waals surface area contributed by atoms with Gasteiger partial charge in [0.2, 0.25) is 0 Å². The maximum Gasteiger partial charge on any atom is 1.00 e. The molecule has 0 bridgehead atoms. The minimum atomic E-state index is -0.963. The van der Waals surface area contributed by atoms with Crippen LogP contribution in [0.5, 0.6) is 0 Å². The first-order valence-electron chi connectivity index (χ1n) is 4.05. The predicted molar refractivity (Wildman–Crippen MR) is 49.0 cm³/mol. The number of aliphatic carboxylic acids is 2. The summed E-state index contributed by atoms with van der Waals surface area (Å²) in [6.07, 6.45) is -1.78. The molecule has 15 heavy (non-hydrogen) atoms. The standard InChI is InChI=1S/2C4H8O3.K.H/c2*1-3(5)2-4(6)7;;/h2*3,5H,2H2,1H3,(H,6,7);;/q;;+1;-1. The van der Waals surface area contributed by atoms with Gasteiger partial charge in [-0.2, -0.15) is 0 Å². The van der Waals surface area contributed by atoms with E-state index in [1.165, 1.54) is 13.8 Å². The maximum atomic E-state index is 9.65. The van der Waals surface area contributed by atoms with E-state index >= 15 is 0 Å². The smallest absolute Gasteiger partial charge is 1.00 e. The second-order valence-electron chi connectivity index (χ2n) is 2.89. The van der Waals surface area contributed by atoms with Crippen molar-refractivity contribution in [3.8, 4) is 0 Å². The summed E-state index contributed by atoms with van der Waals surface area (Å²) < 4.78 is 0. The van der Waals surface area contributed by atoms with Gasteiger partial charge < -0.3 is 21.9 Å². The van der Waals surface area contributed by atoms with E-state index < -0.39 is 24.1 Å². The van der Waals surface area contributed by atoms with Crippen LogP contribution in [0.15, 0.2) is 0 Å². The number of hydrogen-bond donors (Lipinski definition) is 4. The van der Waals surface area contributed by atoms with E-state index in [-0.39, 0.29) is 65.7 Å². The molecule has 0 aliphatic rings. The molecule has 0 aliphatic carbocycles. The average molecular weight is 248 g/mol. The molecule has 86 valence electrons. The molecule has 2 unspecified atom stereocenters. The van der Waals surface area contributed by atoms with Gasteiger partial charge in [0.15, 0.2) is 0 Å². The fourth-order valence-electron chi connectivity index (χ4n) is 0.505. The van der Waals surface area contributed by atoms with Crippen molar-refractivity contribution in [1.29, 1.82) is 0 Å². The summed E-state index contributed by atoms with van der Waals surface area (Å²) in [5, 5.41) is 32.5. The molecule has 0 saturated heterocycles. The maximum absolute atomic E-state index is 9.65. The Balaban J connectivity index is -0.0000000800. The Morgan fingerprint density at radius 3 is 1.20 bits per heavy atom. The van der Waals surface area contributed by atoms with Crippen LogP contribution >= 0.6 is 0 Å². The molecule has 7 heteroatoms. The minimum Gasteiger partial charge on any atom is -1.00 e. The Morgan fingerprint density at radius 1 is 1.00 bits per heavy atom. The van der Waals surface area contributed by atoms with Gasteiger partial charge in [-0.1, -0.05) is 0 Å². The van der Waals surface area contributed by atoms with Crippen LogP contribution in [0.2, 0.25) is 0 Å². The number of hydrogen-bond acceptors (Lipinski definition) is 4.